The molecule has 5 heteroatoms. The van der Waals surface area contributed by atoms with E-state index >= 15 is 0 Å². The molecule has 0 atom stereocenters. The molecule has 0 N–H and O–H groups in total. The number of aromatic nitrogens is 4. The number of rotatable bonds is 7. The fourth-order valence-corrected chi connectivity index (χ4v) is 10.8. The summed E-state index contributed by atoms with van der Waals surface area (Å²) in [5.74, 6) is 0.658. The monoisotopic (exact) mass is 826 g/mol. The van der Waals surface area contributed by atoms with Gasteiger partial charge in [0.05, 0.1) is 32.5 Å². The normalized spacial score (nSPS) is 12.7. The minimum absolute atomic E-state index is 0.658. The van der Waals surface area contributed by atoms with E-state index in [0.29, 0.717) is 5.95 Å². The Morgan fingerprint density at radius 3 is 2.02 bits per heavy atom. The zero-order valence-electron chi connectivity index (χ0n) is 35.1. The molecule has 4 heterocycles. The Hall–Kier alpha value is -7.60. The second kappa shape index (κ2) is 15.1. The molecular weight excluding hydrogens is 785 g/mol. The van der Waals surface area contributed by atoms with E-state index in [1.807, 2.05) is 0 Å². The van der Waals surface area contributed by atoms with Crippen LogP contribution in [-0.2, 0) is 6.42 Å². The van der Waals surface area contributed by atoms with E-state index in [4.69, 9.17) is 9.97 Å². The van der Waals surface area contributed by atoms with Gasteiger partial charge in [0.15, 0.2) is 0 Å². The van der Waals surface area contributed by atoms with Crippen molar-refractivity contribution in [3.63, 3.8) is 0 Å². The molecule has 63 heavy (non-hydrogen) atoms. The van der Waals surface area contributed by atoms with Crippen molar-refractivity contribution < 1.29 is 0 Å². The van der Waals surface area contributed by atoms with Gasteiger partial charge in [-0.25, -0.2) is 9.97 Å². The molecule has 0 aliphatic heterocycles. The summed E-state index contributed by atoms with van der Waals surface area (Å²) in [6.07, 6.45) is 11.1. The molecule has 0 radical (unpaired) electrons. The van der Waals surface area contributed by atoms with Crippen LogP contribution in [0.15, 0.2) is 182 Å². The molecule has 4 aromatic heterocycles. The van der Waals surface area contributed by atoms with Crippen molar-refractivity contribution in [1.82, 2.24) is 19.1 Å². The first-order valence-corrected chi connectivity index (χ1v) is 22.6. The maximum absolute atomic E-state index is 5.54. The lowest BCUT2D eigenvalue weighted by Gasteiger charge is -2.13. The molecule has 0 spiro atoms. The summed E-state index contributed by atoms with van der Waals surface area (Å²) >= 11 is 1.76. The zero-order chi connectivity index (χ0) is 42.0. The van der Waals surface area contributed by atoms with Crippen LogP contribution in [0, 0.1) is 6.92 Å². The lowest BCUT2D eigenvalue weighted by Crippen LogP contribution is -2.03. The van der Waals surface area contributed by atoms with Gasteiger partial charge in [-0.2, -0.15) is 0 Å². The molecule has 0 unspecified atom stereocenters. The van der Waals surface area contributed by atoms with Gasteiger partial charge in [-0.1, -0.05) is 152 Å². The van der Waals surface area contributed by atoms with Crippen LogP contribution >= 0.6 is 11.3 Å². The Balaban J connectivity index is 1.08. The molecule has 300 valence electrons. The molecule has 0 bridgehead atoms. The van der Waals surface area contributed by atoms with Crippen LogP contribution in [0.25, 0.3) is 111 Å². The topological polar surface area (TPSA) is 35.6 Å². The molecule has 0 saturated heterocycles. The highest BCUT2D eigenvalue weighted by atomic mass is 32.1. The van der Waals surface area contributed by atoms with Gasteiger partial charge in [0, 0.05) is 43.5 Å². The summed E-state index contributed by atoms with van der Waals surface area (Å²) in [5.41, 5.74) is 18.6. The van der Waals surface area contributed by atoms with Crippen molar-refractivity contribution >= 4 is 66.4 Å². The second-order valence-corrected chi connectivity index (χ2v) is 17.5. The van der Waals surface area contributed by atoms with Gasteiger partial charge in [0.25, 0.3) is 0 Å². The van der Waals surface area contributed by atoms with E-state index in [-0.39, 0.29) is 0 Å². The zero-order valence-corrected chi connectivity index (χ0v) is 35.9. The number of allylic oxidation sites excluding steroid dienone is 2. The summed E-state index contributed by atoms with van der Waals surface area (Å²) in [4.78, 5) is 12.1. The quantitative estimate of drug-likeness (QED) is 0.160. The summed E-state index contributed by atoms with van der Waals surface area (Å²) in [5, 5.41) is 3.67. The minimum Gasteiger partial charge on any atom is -0.313 e. The first-order chi connectivity index (χ1) is 31.1. The Bertz CT molecular complexity index is 3610. The number of hydrogen-bond acceptors (Lipinski definition) is 3. The highest BCUT2D eigenvalue weighted by Gasteiger charge is 2.23. The standard InChI is InChI=1S/C58H42N4S/c1-3-15-45-37(2)24-32-52-55(45)48-34-42(43-29-31-47-46-22-13-14-23-50(46)61(53(47)35-43)44-20-11-6-12-21-44)30-33-51(48)62(52)58-59-49-36-54(40-18-9-5-10-19-40)63-57(49)56(60-58)41-27-25-39(26-28-41)38-16-7-4-8-17-38/h3-13,15-22,24-36H,14,23H2,1-2H3/b15-3-. The van der Waals surface area contributed by atoms with E-state index in [1.165, 1.54) is 82.4 Å². The molecule has 0 fully saturated rings. The number of benzene rings is 7. The predicted molar refractivity (Wildman–Crippen MR) is 267 cm³/mol. The Labute approximate surface area is 370 Å². The first kappa shape index (κ1) is 37.2. The van der Waals surface area contributed by atoms with Crippen molar-refractivity contribution in [1.29, 1.82) is 0 Å². The van der Waals surface area contributed by atoms with Crippen LogP contribution in [0.4, 0.5) is 0 Å². The number of para-hydroxylation sites is 1. The molecular formula is C58H42N4S. The molecule has 1 aliphatic rings. The molecule has 12 rings (SSSR count). The largest absolute Gasteiger partial charge is 0.313 e. The molecule has 1 aliphatic carbocycles. The van der Waals surface area contributed by atoms with E-state index < -0.39 is 0 Å². The number of thiophene rings is 1. The van der Waals surface area contributed by atoms with Gasteiger partial charge in [-0.05, 0) is 108 Å². The molecule has 11 aromatic rings. The Morgan fingerprint density at radius 1 is 0.571 bits per heavy atom. The highest BCUT2D eigenvalue weighted by Crippen LogP contribution is 2.43. The third-order valence-electron chi connectivity index (χ3n) is 12.7. The van der Waals surface area contributed by atoms with Crippen molar-refractivity contribution in [3.05, 3.63) is 204 Å². The smallest absolute Gasteiger partial charge is 0.235 e. The predicted octanol–water partition coefficient (Wildman–Crippen LogP) is 15.7. The lowest BCUT2D eigenvalue weighted by atomic mass is 9.97. The van der Waals surface area contributed by atoms with Gasteiger partial charge in [-0.3, -0.25) is 4.57 Å². The average Bonchev–Trinajstić information content (AvgIpc) is 4.03. The van der Waals surface area contributed by atoms with Crippen LogP contribution in [0.1, 0.15) is 35.7 Å². The first-order valence-electron chi connectivity index (χ1n) is 21.7. The van der Waals surface area contributed by atoms with Gasteiger partial charge < -0.3 is 4.57 Å². The minimum atomic E-state index is 0.658. The highest BCUT2D eigenvalue weighted by molar-refractivity contribution is 7.22. The van der Waals surface area contributed by atoms with E-state index in [1.54, 1.807) is 11.3 Å². The number of aryl methyl sites for hydroxylation is 1. The summed E-state index contributed by atoms with van der Waals surface area (Å²) in [6, 6.07) is 61.5. The summed E-state index contributed by atoms with van der Waals surface area (Å²) in [7, 11) is 0. The van der Waals surface area contributed by atoms with Gasteiger partial charge in [-0.15, -0.1) is 11.3 Å². The van der Waals surface area contributed by atoms with E-state index in [2.05, 4.69) is 217 Å². The maximum Gasteiger partial charge on any atom is 0.235 e. The third kappa shape index (κ3) is 6.19. The molecule has 0 saturated carbocycles. The SMILES string of the molecule is C/C=C\c1c(C)ccc2c1c1cc(-c3ccc4c5c(n(-c6ccccc6)c4c3)CCC=C5)ccc1n2-c1nc(-c2ccc(-c3ccccc3)cc2)c2sc(-c3ccccc3)cc2n1. The fourth-order valence-electron chi connectivity index (χ4n) is 9.70. The van der Waals surface area contributed by atoms with E-state index in [0.717, 1.165) is 45.3 Å². The molecule has 0 amide bonds. The number of nitrogens with zero attached hydrogens (tertiary/aromatic N) is 4. The van der Waals surface area contributed by atoms with Crippen molar-refractivity contribution in [2.45, 2.75) is 26.7 Å². The Morgan fingerprint density at radius 2 is 1.24 bits per heavy atom. The Kier molecular flexibility index (Phi) is 8.91. The molecule has 7 aromatic carbocycles. The van der Waals surface area contributed by atoms with E-state index in [9.17, 15) is 0 Å². The van der Waals surface area contributed by atoms with Gasteiger partial charge in [0.1, 0.15) is 0 Å². The molecule has 4 nitrogen and oxygen atoms in total. The maximum atomic E-state index is 5.54. The lowest BCUT2D eigenvalue weighted by molar-refractivity contribution is 0.888. The number of hydrogen-bond donors (Lipinski definition) is 0. The second-order valence-electron chi connectivity index (χ2n) is 16.5. The van der Waals surface area contributed by atoms with Crippen LogP contribution < -0.4 is 0 Å². The van der Waals surface area contributed by atoms with Crippen molar-refractivity contribution in [2.24, 2.45) is 0 Å². The van der Waals surface area contributed by atoms with Crippen LogP contribution in [0.3, 0.4) is 0 Å². The van der Waals surface area contributed by atoms with Gasteiger partial charge in [0.2, 0.25) is 5.95 Å². The fraction of sp³-hybridized carbons (Fsp3) is 0.0690. The van der Waals surface area contributed by atoms with Crippen molar-refractivity contribution in [3.8, 4) is 55.6 Å². The van der Waals surface area contributed by atoms with Gasteiger partial charge >= 0.3 is 0 Å². The average molecular weight is 827 g/mol. The summed E-state index contributed by atoms with van der Waals surface area (Å²) < 4.78 is 5.83. The van der Waals surface area contributed by atoms with Crippen LogP contribution in [0.5, 0.6) is 0 Å². The van der Waals surface area contributed by atoms with Crippen LogP contribution in [-0.4, -0.2) is 19.1 Å². The number of fused-ring (bicyclic) bond motifs is 7. The van der Waals surface area contributed by atoms with Crippen LogP contribution in [0.2, 0.25) is 0 Å². The third-order valence-corrected chi connectivity index (χ3v) is 13.9. The summed E-state index contributed by atoms with van der Waals surface area (Å²) in [6.45, 7) is 4.31. The van der Waals surface area contributed by atoms with Crippen molar-refractivity contribution in [2.75, 3.05) is 0 Å².